The highest BCUT2D eigenvalue weighted by molar-refractivity contribution is 6.35. The molecule has 3 aromatic carbocycles. The van der Waals surface area contributed by atoms with Gasteiger partial charge < -0.3 is 18.3 Å². The molecule has 0 saturated carbocycles. The quantitative estimate of drug-likeness (QED) is 0.228. The van der Waals surface area contributed by atoms with Gasteiger partial charge in [0, 0.05) is 11.1 Å². The maximum Gasteiger partial charge on any atom is 0.228 e. The van der Waals surface area contributed by atoms with Crippen LogP contribution >= 0.6 is 23.2 Å². The largest absolute Gasteiger partial charge is 0.461 e. The summed E-state index contributed by atoms with van der Waals surface area (Å²) in [5.41, 5.74) is 1.52. The second kappa shape index (κ2) is 8.44. The van der Waals surface area contributed by atoms with Crippen molar-refractivity contribution < 1.29 is 27.9 Å². The molecule has 0 spiro atoms. The van der Waals surface area contributed by atoms with Crippen LogP contribution in [0.4, 0.5) is 11.4 Å². The van der Waals surface area contributed by atoms with E-state index in [1.54, 1.807) is 60.7 Å². The fourth-order valence-electron chi connectivity index (χ4n) is 4.23. The van der Waals surface area contributed by atoms with Gasteiger partial charge in [-0.05, 0) is 60.7 Å². The maximum atomic E-state index is 12.7. The van der Waals surface area contributed by atoms with Crippen LogP contribution in [0, 0.1) is 0 Å². The highest BCUT2D eigenvalue weighted by atomic mass is 35.5. The number of carbonyl (C=O) groups is 2. The predicted octanol–water partition coefficient (Wildman–Crippen LogP) is 6.76. The van der Waals surface area contributed by atoms with Gasteiger partial charge in [-0.25, -0.2) is 9.98 Å². The average Bonchev–Trinajstić information content (AvgIpc) is 3.68. The van der Waals surface area contributed by atoms with Crippen molar-refractivity contribution in [3.05, 3.63) is 117 Å². The third-order valence-electron chi connectivity index (χ3n) is 6.07. The van der Waals surface area contributed by atoms with Crippen molar-refractivity contribution in [2.24, 2.45) is 9.98 Å². The minimum Gasteiger partial charge on any atom is -0.461 e. The first-order chi connectivity index (χ1) is 18.5. The zero-order chi connectivity index (χ0) is 26.0. The van der Waals surface area contributed by atoms with E-state index in [4.69, 9.17) is 41.5 Å². The summed E-state index contributed by atoms with van der Waals surface area (Å²) >= 11 is 13.4. The van der Waals surface area contributed by atoms with Crippen molar-refractivity contribution in [2.45, 2.75) is 0 Å². The summed E-state index contributed by atoms with van der Waals surface area (Å²) in [7, 11) is 0. The lowest BCUT2D eigenvalue weighted by Crippen LogP contribution is -2.22. The Morgan fingerprint density at radius 3 is 1.47 bits per heavy atom. The zero-order valence-corrected chi connectivity index (χ0v) is 20.5. The monoisotopic (exact) mass is 542 g/mol. The number of benzene rings is 3. The van der Waals surface area contributed by atoms with E-state index in [1.165, 1.54) is 12.5 Å². The fourth-order valence-corrected chi connectivity index (χ4v) is 4.75. The Hall–Kier alpha value is -4.66. The van der Waals surface area contributed by atoms with Crippen molar-refractivity contribution in [2.75, 3.05) is 0 Å². The highest BCUT2D eigenvalue weighted by Gasteiger charge is 2.28. The van der Waals surface area contributed by atoms with Crippen LogP contribution in [0.3, 0.4) is 0 Å². The third-order valence-corrected chi connectivity index (χ3v) is 6.77. The summed E-state index contributed by atoms with van der Waals surface area (Å²) in [6.07, 6.45) is 2.86. The van der Waals surface area contributed by atoms with Crippen LogP contribution < -0.4 is 20.2 Å². The minimum absolute atomic E-state index is 0.137. The van der Waals surface area contributed by atoms with E-state index in [1.807, 2.05) is 0 Å². The molecule has 38 heavy (non-hydrogen) atoms. The van der Waals surface area contributed by atoms with Crippen molar-refractivity contribution >= 4 is 46.1 Å². The summed E-state index contributed by atoms with van der Waals surface area (Å²) in [5.74, 6) is 0.997. The first-order valence-corrected chi connectivity index (χ1v) is 12.0. The van der Waals surface area contributed by atoms with Crippen molar-refractivity contribution in [3.8, 4) is 23.0 Å². The second-order valence-corrected chi connectivity index (χ2v) is 9.14. The molecule has 7 rings (SSSR count). The van der Waals surface area contributed by atoms with Crippen molar-refractivity contribution in [3.63, 3.8) is 0 Å². The van der Waals surface area contributed by atoms with E-state index in [2.05, 4.69) is 9.98 Å². The molecule has 0 radical (unpaired) electrons. The molecule has 2 aromatic heterocycles. The molecule has 0 bridgehead atoms. The lowest BCUT2D eigenvalue weighted by Gasteiger charge is -2.21. The Labute approximate surface area is 223 Å². The van der Waals surface area contributed by atoms with Crippen LogP contribution in [0.1, 0.15) is 32.2 Å². The van der Waals surface area contributed by atoms with E-state index >= 15 is 0 Å². The predicted molar refractivity (Wildman–Crippen MR) is 135 cm³/mol. The number of ether oxygens (including phenoxy) is 2. The normalized spacial score (nSPS) is 12.5. The highest BCUT2D eigenvalue weighted by Crippen LogP contribution is 2.43. The van der Waals surface area contributed by atoms with Gasteiger partial charge in [0.1, 0.15) is 32.1 Å². The molecular weight excluding hydrogens is 531 g/mol. The molecule has 184 valence electrons. The van der Waals surface area contributed by atoms with E-state index in [-0.39, 0.29) is 55.3 Å². The van der Waals surface area contributed by atoms with Gasteiger partial charge in [0.25, 0.3) is 0 Å². The number of furan rings is 2. The van der Waals surface area contributed by atoms with Crippen molar-refractivity contribution in [1.29, 1.82) is 0 Å². The van der Waals surface area contributed by atoms with Gasteiger partial charge in [-0.15, -0.1) is 0 Å². The molecule has 0 saturated heterocycles. The summed E-state index contributed by atoms with van der Waals surface area (Å²) in [5, 5.41) is 0.762. The van der Waals surface area contributed by atoms with E-state index in [0.717, 1.165) is 0 Å². The number of rotatable bonds is 4. The number of carbonyl (C=O) groups excluding carboxylic acids is 2. The third kappa shape index (κ3) is 3.46. The average molecular weight is 543 g/mol. The van der Waals surface area contributed by atoms with Crippen LogP contribution in [0.15, 0.2) is 92.0 Å². The summed E-state index contributed by atoms with van der Waals surface area (Å²) in [6, 6.07) is 16.1. The Morgan fingerprint density at radius 1 is 0.632 bits per heavy atom. The molecule has 0 atom stereocenters. The Kier molecular flexibility index (Phi) is 5.01. The molecule has 0 N–H and O–H groups in total. The standard InChI is InChI=1S/C28H12Cl2N2O6/c29-21-23-27(37-17-7-5-13(11-15(17)31-23)25(33)19-3-1-9-35-19)22(30)24-28(21)38-18-8-6-14(12-16(18)32-24)26(34)20-4-2-10-36-20/h1-12H. The van der Waals surface area contributed by atoms with E-state index in [9.17, 15) is 9.59 Å². The van der Waals surface area contributed by atoms with Gasteiger partial charge in [-0.1, -0.05) is 23.2 Å². The van der Waals surface area contributed by atoms with Gasteiger partial charge in [0.05, 0.1) is 12.5 Å². The molecule has 10 heteroatoms. The second-order valence-electron chi connectivity index (χ2n) is 8.39. The Bertz CT molecular complexity index is 1790. The van der Waals surface area contributed by atoms with Crippen LogP contribution in [-0.2, 0) is 0 Å². The fraction of sp³-hybridized carbons (Fsp3) is 0. The Balaban J connectivity index is 1.34. The first kappa shape index (κ1) is 22.5. The van der Waals surface area contributed by atoms with Gasteiger partial charge in [0.2, 0.25) is 11.6 Å². The molecule has 0 aliphatic carbocycles. The molecule has 2 aliphatic rings. The molecule has 5 aromatic rings. The zero-order valence-electron chi connectivity index (χ0n) is 19.0. The molecule has 8 nitrogen and oxygen atoms in total. The van der Waals surface area contributed by atoms with Crippen molar-refractivity contribution in [1.82, 2.24) is 0 Å². The first-order valence-electron chi connectivity index (χ1n) is 11.3. The number of hydrogen-bond donors (Lipinski definition) is 0. The van der Waals surface area contributed by atoms with Gasteiger partial charge in [0.15, 0.2) is 34.5 Å². The summed E-state index contributed by atoms with van der Waals surface area (Å²) in [4.78, 5) is 34.7. The van der Waals surface area contributed by atoms with E-state index < -0.39 is 0 Å². The number of fused-ring (bicyclic) bond motifs is 4. The molecule has 4 heterocycles. The molecular formula is C28H12Cl2N2O6. The van der Waals surface area contributed by atoms with Crippen LogP contribution in [0.5, 0.6) is 23.0 Å². The van der Waals surface area contributed by atoms with Crippen LogP contribution in [0.25, 0.3) is 0 Å². The maximum absolute atomic E-state index is 12.7. The number of hydrogen-bond acceptors (Lipinski definition) is 8. The molecule has 0 amide bonds. The van der Waals surface area contributed by atoms with Gasteiger partial charge in [-0.3, -0.25) is 9.59 Å². The van der Waals surface area contributed by atoms with Crippen LogP contribution in [0.2, 0.25) is 10.0 Å². The van der Waals surface area contributed by atoms with E-state index in [0.29, 0.717) is 34.0 Å². The van der Waals surface area contributed by atoms with Crippen LogP contribution in [-0.4, -0.2) is 11.6 Å². The molecule has 0 fully saturated rings. The molecule has 0 unspecified atom stereocenters. The lowest BCUT2D eigenvalue weighted by molar-refractivity contribution is 0.100. The summed E-state index contributed by atoms with van der Waals surface area (Å²) < 4.78 is 22.5. The molecule has 2 aliphatic heterocycles. The number of ketones is 2. The number of nitrogens with zero attached hydrogens (tertiary/aromatic N) is 2. The minimum atomic E-state index is -0.294. The SMILES string of the molecule is O=C(c1ccc2c(c1)N=c1c(Cl)c3c(c(Cl)c1O2)=Nc1cc(C(=O)c2ccco2)ccc1O3)c1ccco1. The van der Waals surface area contributed by atoms with Gasteiger partial charge in [-0.2, -0.15) is 0 Å². The summed E-state index contributed by atoms with van der Waals surface area (Å²) in [6.45, 7) is 0. The lowest BCUT2D eigenvalue weighted by atomic mass is 10.1. The number of halogens is 2. The smallest absolute Gasteiger partial charge is 0.228 e. The topological polar surface area (TPSA) is 104 Å². The Morgan fingerprint density at radius 2 is 1.08 bits per heavy atom. The van der Waals surface area contributed by atoms with Gasteiger partial charge >= 0.3 is 0 Å².